The Balaban J connectivity index is 1.57. The molecular formula is C27H38N6. The minimum absolute atomic E-state index is 0.888. The van der Waals surface area contributed by atoms with Crippen molar-refractivity contribution in [1.29, 1.82) is 0 Å². The predicted octanol–water partition coefficient (Wildman–Crippen LogP) is 6.22. The van der Waals surface area contributed by atoms with E-state index >= 15 is 0 Å². The smallest absolute Gasteiger partial charge is 0.151 e. The van der Waals surface area contributed by atoms with Gasteiger partial charge in [-0.1, -0.05) is 62.9 Å². The molecule has 0 unspecified atom stereocenters. The number of rotatable bonds is 14. The van der Waals surface area contributed by atoms with Crippen LogP contribution in [0.2, 0.25) is 0 Å². The summed E-state index contributed by atoms with van der Waals surface area (Å²) in [6, 6.07) is 12.6. The summed E-state index contributed by atoms with van der Waals surface area (Å²) in [5.41, 5.74) is 4.18. The molecule has 6 heteroatoms. The third-order valence-electron chi connectivity index (χ3n) is 5.83. The van der Waals surface area contributed by atoms with Crippen molar-refractivity contribution in [2.24, 2.45) is 0 Å². The van der Waals surface area contributed by atoms with Gasteiger partial charge in [0.2, 0.25) is 0 Å². The normalized spacial score (nSPS) is 10.9. The molecule has 1 N–H and O–H groups in total. The fourth-order valence-electron chi connectivity index (χ4n) is 3.88. The molecule has 0 fully saturated rings. The van der Waals surface area contributed by atoms with Gasteiger partial charge < -0.3 is 10.2 Å². The van der Waals surface area contributed by atoms with Gasteiger partial charge in [-0.3, -0.25) is 4.98 Å². The molecule has 0 spiro atoms. The van der Waals surface area contributed by atoms with E-state index in [9.17, 15) is 0 Å². The van der Waals surface area contributed by atoms with Gasteiger partial charge in [-0.2, -0.15) is 5.10 Å². The van der Waals surface area contributed by atoms with E-state index < -0.39 is 0 Å². The molecule has 0 aliphatic heterocycles. The molecule has 0 atom stereocenters. The van der Waals surface area contributed by atoms with Gasteiger partial charge in [-0.15, -0.1) is 5.10 Å². The molecule has 2 heterocycles. The molecule has 33 heavy (non-hydrogen) atoms. The fourth-order valence-corrected chi connectivity index (χ4v) is 3.88. The van der Waals surface area contributed by atoms with Crippen molar-refractivity contribution in [3.05, 3.63) is 60.2 Å². The van der Waals surface area contributed by atoms with E-state index in [2.05, 4.69) is 67.6 Å². The van der Waals surface area contributed by atoms with Gasteiger partial charge in [0, 0.05) is 31.4 Å². The molecule has 0 saturated heterocycles. The van der Waals surface area contributed by atoms with Crippen molar-refractivity contribution < 1.29 is 0 Å². The second kappa shape index (κ2) is 13.5. The van der Waals surface area contributed by atoms with Crippen LogP contribution in [-0.4, -0.2) is 39.8 Å². The second-order valence-corrected chi connectivity index (χ2v) is 8.65. The molecule has 0 amide bonds. The Morgan fingerprint density at radius 3 is 2.39 bits per heavy atom. The Bertz CT molecular complexity index is 960. The average Bonchev–Trinajstić information content (AvgIpc) is 2.85. The first-order chi connectivity index (χ1) is 16.2. The maximum Gasteiger partial charge on any atom is 0.151 e. The standard InChI is InChI=1S/C27H38N6/c1-4-5-6-7-12-17-33(18-13-11-16-28-27-23(3)29-20-22(2)31-27)26-19-25(21-30-32-26)24-14-9-8-10-15-24/h8-10,14-15,19-21H,4-7,11-13,16-18H2,1-3H3,(H,28,31). The number of benzene rings is 1. The van der Waals surface area contributed by atoms with Crippen molar-refractivity contribution in [1.82, 2.24) is 20.2 Å². The van der Waals surface area contributed by atoms with Gasteiger partial charge in [-0.05, 0) is 44.7 Å². The fraction of sp³-hybridized carbons (Fsp3) is 0.481. The van der Waals surface area contributed by atoms with E-state index in [0.29, 0.717) is 0 Å². The molecule has 1 aromatic carbocycles. The molecule has 0 aliphatic rings. The monoisotopic (exact) mass is 446 g/mol. The summed E-state index contributed by atoms with van der Waals surface area (Å²) in [5.74, 6) is 1.87. The summed E-state index contributed by atoms with van der Waals surface area (Å²) in [4.78, 5) is 11.3. The summed E-state index contributed by atoms with van der Waals surface area (Å²) in [7, 11) is 0. The third kappa shape index (κ3) is 8.12. The summed E-state index contributed by atoms with van der Waals surface area (Å²) in [6.45, 7) is 9.11. The maximum atomic E-state index is 4.55. The quantitative estimate of drug-likeness (QED) is 0.297. The highest BCUT2D eigenvalue weighted by atomic mass is 15.3. The van der Waals surface area contributed by atoms with Crippen molar-refractivity contribution in [2.45, 2.75) is 65.7 Å². The molecule has 3 aromatic rings. The van der Waals surface area contributed by atoms with Gasteiger partial charge in [0.15, 0.2) is 5.82 Å². The lowest BCUT2D eigenvalue weighted by Crippen LogP contribution is -2.27. The lowest BCUT2D eigenvalue weighted by atomic mass is 10.1. The zero-order valence-electron chi connectivity index (χ0n) is 20.4. The largest absolute Gasteiger partial charge is 0.369 e. The van der Waals surface area contributed by atoms with Crippen LogP contribution >= 0.6 is 0 Å². The van der Waals surface area contributed by atoms with Crippen LogP contribution in [0.15, 0.2) is 48.8 Å². The lowest BCUT2D eigenvalue weighted by Gasteiger charge is -2.24. The Hall–Kier alpha value is -3.02. The number of nitrogens with one attached hydrogen (secondary N) is 1. The van der Waals surface area contributed by atoms with Crippen molar-refractivity contribution in [3.63, 3.8) is 0 Å². The van der Waals surface area contributed by atoms with Crippen LogP contribution in [0, 0.1) is 13.8 Å². The van der Waals surface area contributed by atoms with Gasteiger partial charge >= 0.3 is 0 Å². The molecule has 0 saturated carbocycles. The number of nitrogens with zero attached hydrogens (tertiary/aromatic N) is 5. The molecule has 0 radical (unpaired) electrons. The van der Waals surface area contributed by atoms with E-state index in [-0.39, 0.29) is 0 Å². The van der Waals surface area contributed by atoms with E-state index in [1.54, 1.807) is 0 Å². The first kappa shape index (κ1) is 24.6. The van der Waals surface area contributed by atoms with E-state index in [1.165, 1.54) is 37.7 Å². The van der Waals surface area contributed by atoms with E-state index in [4.69, 9.17) is 0 Å². The number of hydrogen-bond donors (Lipinski definition) is 1. The number of anilines is 2. The van der Waals surface area contributed by atoms with Crippen LogP contribution in [0.5, 0.6) is 0 Å². The number of aryl methyl sites for hydroxylation is 2. The topological polar surface area (TPSA) is 66.8 Å². The Morgan fingerprint density at radius 2 is 1.61 bits per heavy atom. The molecule has 3 rings (SSSR count). The second-order valence-electron chi connectivity index (χ2n) is 8.65. The van der Waals surface area contributed by atoms with Gasteiger partial charge in [0.1, 0.15) is 5.82 Å². The van der Waals surface area contributed by atoms with Crippen LogP contribution in [0.1, 0.15) is 63.3 Å². The predicted molar refractivity (Wildman–Crippen MR) is 138 cm³/mol. The maximum absolute atomic E-state index is 4.55. The minimum atomic E-state index is 0.888. The highest BCUT2D eigenvalue weighted by molar-refractivity contribution is 5.65. The van der Waals surface area contributed by atoms with Crippen LogP contribution < -0.4 is 10.2 Å². The van der Waals surface area contributed by atoms with Gasteiger partial charge in [0.05, 0.1) is 17.6 Å². The summed E-state index contributed by atoms with van der Waals surface area (Å²) < 4.78 is 0. The van der Waals surface area contributed by atoms with Crippen LogP contribution in [0.3, 0.4) is 0 Å². The first-order valence-electron chi connectivity index (χ1n) is 12.3. The Labute approximate surface area is 198 Å². The Kier molecular flexibility index (Phi) is 10.1. The zero-order valence-corrected chi connectivity index (χ0v) is 20.4. The highest BCUT2D eigenvalue weighted by Crippen LogP contribution is 2.22. The lowest BCUT2D eigenvalue weighted by molar-refractivity contribution is 0.604. The summed E-state index contributed by atoms with van der Waals surface area (Å²) in [6.07, 6.45) is 12.2. The summed E-state index contributed by atoms with van der Waals surface area (Å²) >= 11 is 0. The Morgan fingerprint density at radius 1 is 0.848 bits per heavy atom. The molecule has 2 aromatic heterocycles. The van der Waals surface area contributed by atoms with Crippen molar-refractivity contribution in [2.75, 3.05) is 29.9 Å². The van der Waals surface area contributed by atoms with Crippen molar-refractivity contribution in [3.8, 4) is 11.1 Å². The highest BCUT2D eigenvalue weighted by Gasteiger charge is 2.10. The molecule has 0 bridgehead atoms. The van der Waals surface area contributed by atoms with Crippen LogP contribution in [-0.2, 0) is 0 Å². The SMILES string of the molecule is CCCCCCCN(CCCCNc1nc(C)cnc1C)c1cc(-c2ccccc2)cnn1. The third-order valence-corrected chi connectivity index (χ3v) is 5.83. The van der Waals surface area contributed by atoms with Crippen LogP contribution in [0.4, 0.5) is 11.6 Å². The van der Waals surface area contributed by atoms with E-state index in [1.807, 2.05) is 32.3 Å². The number of hydrogen-bond acceptors (Lipinski definition) is 6. The first-order valence-corrected chi connectivity index (χ1v) is 12.3. The molecular weight excluding hydrogens is 408 g/mol. The van der Waals surface area contributed by atoms with Gasteiger partial charge in [0.25, 0.3) is 0 Å². The number of aromatic nitrogens is 4. The molecule has 176 valence electrons. The van der Waals surface area contributed by atoms with Crippen LogP contribution in [0.25, 0.3) is 11.1 Å². The minimum Gasteiger partial charge on any atom is -0.369 e. The van der Waals surface area contributed by atoms with Crippen molar-refractivity contribution >= 4 is 11.6 Å². The van der Waals surface area contributed by atoms with Gasteiger partial charge in [-0.25, -0.2) is 4.98 Å². The average molecular weight is 447 g/mol. The van der Waals surface area contributed by atoms with E-state index in [0.717, 1.165) is 61.1 Å². The summed E-state index contributed by atoms with van der Waals surface area (Å²) in [5, 5.41) is 12.3. The number of unbranched alkanes of at least 4 members (excludes halogenated alkanes) is 5. The molecule has 0 aliphatic carbocycles. The zero-order chi connectivity index (χ0) is 23.3. The molecule has 6 nitrogen and oxygen atoms in total.